The maximum atomic E-state index is 13.0. The molecule has 1 heterocycles. The Kier molecular flexibility index (Phi) is 13.9. The first-order valence-electron chi connectivity index (χ1n) is 11.9. The van der Waals surface area contributed by atoms with Crippen molar-refractivity contribution >= 4 is 17.7 Å². The zero-order valence-corrected chi connectivity index (χ0v) is 19.9. The fourth-order valence-electron chi connectivity index (χ4n) is 3.87. The number of carbonyl (C=O) groups is 3. The van der Waals surface area contributed by atoms with Gasteiger partial charge in [0.05, 0.1) is 13.2 Å². The van der Waals surface area contributed by atoms with Crippen LogP contribution in [-0.2, 0) is 19.1 Å². The van der Waals surface area contributed by atoms with E-state index in [0.29, 0.717) is 25.1 Å². The van der Waals surface area contributed by atoms with E-state index in [9.17, 15) is 14.4 Å². The minimum atomic E-state index is -0.359. The topological polar surface area (TPSA) is 75.7 Å². The fourth-order valence-corrected chi connectivity index (χ4v) is 3.87. The van der Waals surface area contributed by atoms with Crippen LogP contribution in [0.3, 0.4) is 0 Å². The van der Waals surface area contributed by atoms with Crippen molar-refractivity contribution in [2.24, 2.45) is 5.92 Å². The molecule has 0 saturated carbocycles. The zero-order valence-electron chi connectivity index (χ0n) is 19.9. The zero-order chi connectivity index (χ0) is 23.8. The highest BCUT2D eigenvalue weighted by Crippen LogP contribution is 2.27. The predicted molar refractivity (Wildman–Crippen MR) is 127 cm³/mol. The van der Waals surface area contributed by atoms with E-state index in [2.05, 4.69) is 17.8 Å². The summed E-state index contributed by atoms with van der Waals surface area (Å²) in [6.07, 6.45) is 18.4. The molecule has 0 aromatic rings. The monoisotopic (exact) mass is 444 g/mol. The van der Waals surface area contributed by atoms with Crippen molar-refractivity contribution < 1.29 is 19.1 Å². The average Bonchev–Trinajstić information content (AvgIpc) is 3.10. The number of hydrogen-bond acceptors (Lipinski definition) is 4. The Morgan fingerprint density at radius 1 is 1.25 bits per heavy atom. The van der Waals surface area contributed by atoms with E-state index in [1.54, 1.807) is 0 Å². The Bertz CT molecular complexity index is 692. The van der Waals surface area contributed by atoms with Crippen LogP contribution < -0.4 is 5.32 Å². The molecule has 178 valence electrons. The first-order valence-corrected chi connectivity index (χ1v) is 11.9. The molecule has 0 radical (unpaired) electrons. The molecule has 0 aliphatic carbocycles. The van der Waals surface area contributed by atoms with Gasteiger partial charge in [0.15, 0.2) is 0 Å². The number of nitrogens with one attached hydrogen (secondary N) is 1. The summed E-state index contributed by atoms with van der Waals surface area (Å²) < 4.78 is 5.39. The molecule has 0 saturated heterocycles. The molecule has 1 aliphatic rings. The summed E-state index contributed by atoms with van der Waals surface area (Å²) >= 11 is 0. The van der Waals surface area contributed by atoms with Crippen LogP contribution in [0.15, 0.2) is 24.5 Å². The second kappa shape index (κ2) is 16.1. The summed E-state index contributed by atoms with van der Waals surface area (Å²) in [4.78, 5) is 38.7. The van der Waals surface area contributed by atoms with Gasteiger partial charge in [0.2, 0.25) is 11.8 Å². The van der Waals surface area contributed by atoms with Crippen LogP contribution in [0.1, 0.15) is 84.0 Å². The third kappa shape index (κ3) is 9.72. The molecule has 0 spiro atoms. The number of nitrogens with zero attached hydrogens (tertiary/aromatic N) is 1. The number of carbonyl (C=O) groups excluding carboxylic acids is 3. The lowest BCUT2D eigenvalue weighted by atomic mass is 10.00. The smallest absolute Gasteiger partial charge is 0.257 e. The van der Waals surface area contributed by atoms with Gasteiger partial charge in [-0.2, -0.15) is 0 Å². The van der Waals surface area contributed by atoms with E-state index >= 15 is 0 Å². The highest BCUT2D eigenvalue weighted by molar-refractivity contribution is 6.04. The van der Waals surface area contributed by atoms with Gasteiger partial charge < -0.3 is 10.1 Å². The van der Waals surface area contributed by atoms with Crippen molar-refractivity contribution in [2.45, 2.75) is 90.0 Å². The molecule has 6 nitrogen and oxygen atoms in total. The van der Waals surface area contributed by atoms with Crippen LogP contribution >= 0.6 is 0 Å². The normalized spacial score (nSPS) is 16.3. The maximum Gasteiger partial charge on any atom is 0.257 e. The van der Waals surface area contributed by atoms with Crippen molar-refractivity contribution in [3.8, 4) is 12.3 Å². The van der Waals surface area contributed by atoms with Crippen molar-refractivity contribution in [2.75, 3.05) is 13.7 Å². The molecular weight excluding hydrogens is 404 g/mol. The number of rotatable bonds is 17. The van der Waals surface area contributed by atoms with Crippen LogP contribution in [0.4, 0.5) is 0 Å². The molecule has 1 N–H and O–H groups in total. The van der Waals surface area contributed by atoms with Crippen LogP contribution in [0.2, 0.25) is 0 Å². The molecule has 2 atom stereocenters. The highest BCUT2D eigenvalue weighted by Gasteiger charge is 2.39. The summed E-state index contributed by atoms with van der Waals surface area (Å²) in [6.45, 7) is 6.19. The van der Waals surface area contributed by atoms with Crippen LogP contribution in [0, 0.1) is 18.3 Å². The average molecular weight is 445 g/mol. The molecule has 1 aliphatic heterocycles. The lowest BCUT2D eigenvalue weighted by molar-refractivity contribution is -0.146. The van der Waals surface area contributed by atoms with E-state index < -0.39 is 0 Å². The predicted octanol–water partition coefficient (Wildman–Crippen LogP) is 4.51. The SMILES string of the molecule is C#CCCCCCC(=O)NCCCC[C@H]1C(OC)=CC(=O)N1C(=O)[C@H](C)CCCCC=C. The molecule has 0 bridgehead atoms. The van der Waals surface area contributed by atoms with Gasteiger partial charge >= 0.3 is 0 Å². The highest BCUT2D eigenvalue weighted by atomic mass is 16.5. The molecule has 32 heavy (non-hydrogen) atoms. The lowest BCUT2D eigenvalue weighted by Crippen LogP contribution is -2.43. The number of unbranched alkanes of at least 4 members (excludes halogenated alkanes) is 6. The fraction of sp³-hybridized carbons (Fsp3) is 0.654. The largest absolute Gasteiger partial charge is 0.499 e. The van der Waals surface area contributed by atoms with Gasteiger partial charge in [0, 0.05) is 31.4 Å². The summed E-state index contributed by atoms with van der Waals surface area (Å²) in [6, 6.07) is -0.359. The van der Waals surface area contributed by atoms with Gasteiger partial charge in [-0.25, -0.2) is 0 Å². The van der Waals surface area contributed by atoms with E-state index in [1.807, 2.05) is 13.0 Å². The van der Waals surface area contributed by atoms with E-state index in [1.165, 1.54) is 18.1 Å². The summed E-state index contributed by atoms with van der Waals surface area (Å²) in [5.74, 6) is 2.55. The number of imide groups is 1. The van der Waals surface area contributed by atoms with E-state index in [-0.39, 0.29) is 29.7 Å². The van der Waals surface area contributed by atoms with Crippen molar-refractivity contribution in [3.05, 3.63) is 24.5 Å². The summed E-state index contributed by atoms with van der Waals surface area (Å²) in [5.41, 5.74) is 0. The first kappa shape index (κ1) is 27.5. The number of allylic oxidation sites excluding steroid dienone is 1. The minimum absolute atomic E-state index is 0.0568. The second-order valence-electron chi connectivity index (χ2n) is 8.40. The standard InChI is InChI=1S/C26H40N2O4/c1-5-7-9-11-13-18-24(29)27-19-15-14-17-22-23(32-4)20-25(30)28(22)26(31)21(3)16-12-10-8-6-2/h1,6,20-22H,2,7-19H2,3-4H3,(H,27,29)/t21-,22+/m1/s1. The molecule has 0 unspecified atom stereocenters. The Balaban J connectivity index is 2.42. The van der Waals surface area contributed by atoms with Gasteiger partial charge in [-0.3, -0.25) is 19.3 Å². The van der Waals surface area contributed by atoms with Crippen molar-refractivity contribution in [1.29, 1.82) is 0 Å². The number of terminal acetylenes is 1. The number of hydrogen-bond donors (Lipinski definition) is 1. The minimum Gasteiger partial charge on any atom is -0.499 e. The molecule has 6 heteroatoms. The molecule has 0 fully saturated rings. The first-order chi connectivity index (χ1) is 15.5. The van der Waals surface area contributed by atoms with Crippen LogP contribution in [-0.4, -0.2) is 42.3 Å². The Hall–Kier alpha value is -2.55. The van der Waals surface area contributed by atoms with E-state index in [4.69, 9.17) is 11.2 Å². The second-order valence-corrected chi connectivity index (χ2v) is 8.40. The maximum absolute atomic E-state index is 13.0. The number of methoxy groups -OCH3 is 1. The quantitative estimate of drug-likeness (QED) is 0.203. The van der Waals surface area contributed by atoms with Gasteiger partial charge in [-0.05, 0) is 51.4 Å². The summed E-state index contributed by atoms with van der Waals surface area (Å²) in [5, 5.41) is 2.94. The molecule has 0 aromatic carbocycles. The van der Waals surface area contributed by atoms with Crippen LogP contribution in [0.5, 0.6) is 0 Å². The van der Waals surface area contributed by atoms with Gasteiger partial charge in [-0.1, -0.05) is 25.8 Å². The van der Waals surface area contributed by atoms with Gasteiger partial charge in [-0.15, -0.1) is 18.9 Å². The molecule has 0 aromatic heterocycles. The molecule has 1 rings (SSSR count). The third-order valence-corrected chi connectivity index (χ3v) is 5.78. The number of amides is 3. The van der Waals surface area contributed by atoms with E-state index in [0.717, 1.165) is 64.2 Å². The van der Waals surface area contributed by atoms with Gasteiger partial charge in [0.1, 0.15) is 5.76 Å². The molecule has 3 amide bonds. The van der Waals surface area contributed by atoms with Crippen molar-refractivity contribution in [1.82, 2.24) is 10.2 Å². The van der Waals surface area contributed by atoms with Gasteiger partial charge in [0.25, 0.3) is 5.91 Å². The lowest BCUT2D eigenvalue weighted by Gasteiger charge is -2.27. The van der Waals surface area contributed by atoms with Crippen LogP contribution in [0.25, 0.3) is 0 Å². The Labute approximate surface area is 193 Å². The van der Waals surface area contributed by atoms with Crippen molar-refractivity contribution in [3.63, 3.8) is 0 Å². The molecular formula is C26H40N2O4. The summed E-state index contributed by atoms with van der Waals surface area (Å²) in [7, 11) is 1.53. The Morgan fingerprint density at radius 2 is 2.03 bits per heavy atom. The number of ether oxygens (including phenoxy) is 1. The Morgan fingerprint density at radius 3 is 2.72 bits per heavy atom. The third-order valence-electron chi connectivity index (χ3n) is 5.78.